The van der Waals surface area contributed by atoms with Crippen molar-refractivity contribution in [2.45, 2.75) is 0 Å². The molecule has 234 valence electrons. The molecule has 3 aromatic heterocycles. The smallest absolute Gasteiger partial charge is 0.164 e. The van der Waals surface area contributed by atoms with Gasteiger partial charge >= 0.3 is 0 Å². The van der Waals surface area contributed by atoms with E-state index in [-0.39, 0.29) is 29.7 Å². The van der Waals surface area contributed by atoms with Crippen LogP contribution in [0.5, 0.6) is 0 Å². The largest absolute Gasteiger partial charge is 0.309 e. The van der Waals surface area contributed by atoms with Crippen LogP contribution in [-0.2, 0) is 0 Å². The predicted octanol–water partition coefficient (Wildman–Crippen LogP) is 12.0. The Bertz CT molecular complexity index is 3130. The van der Waals surface area contributed by atoms with Crippen molar-refractivity contribution in [3.05, 3.63) is 170 Å². The number of aromatic nitrogens is 4. The molecule has 3 heterocycles. The summed E-state index contributed by atoms with van der Waals surface area (Å²) in [4.78, 5) is 15.3. The zero-order chi connectivity index (χ0) is 37.4. The van der Waals surface area contributed by atoms with Crippen LogP contribution in [0.4, 0.5) is 0 Å². The summed E-state index contributed by atoms with van der Waals surface area (Å²) < 4.78 is 46.3. The first-order valence-corrected chi connectivity index (χ1v) is 17.1. The predicted molar refractivity (Wildman–Crippen MR) is 209 cm³/mol. The lowest BCUT2D eigenvalue weighted by molar-refractivity contribution is 1.08. The van der Waals surface area contributed by atoms with Crippen LogP contribution in [0.1, 0.15) is 6.85 Å². The third-order valence-electron chi connectivity index (χ3n) is 9.15. The molecule has 0 amide bonds. The minimum Gasteiger partial charge on any atom is -0.309 e. The third-order valence-corrected chi connectivity index (χ3v) is 10.4. The Kier molecular flexibility index (Phi) is 5.54. The molecule has 0 radical (unpaired) electrons. The quantitative estimate of drug-likeness (QED) is 0.184. The lowest BCUT2D eigenvalue weighted by atomic mass is 10.0. The maximum absolute atomic E-state index is 8.72. The Labute approximate surface area is 299 Å². The fourth-order valence-corrected chi connectivity index (χ4v) is 8.17. The molecule has 0 fully saturated rings. The van der Waals surface area contributed by atoms with Gasteiger partial charge in [-0.1, -0.05) is 139 Å². The zero-order valence-electron chi connectivity index (χ0n) is 31.5. The standard InChI is InChI=1S/C45H28N4S/c1-4-14-29(15-5-1)33-21-12-22-36-41-37(23-13-25-40(41)50-42(33)36)45-47-43(30-16-6-2-7-17-30)46-44(48-45)31-26-27-35-34-20-10-11-24-38(34)49(39(35)28-31)32-18-8-3-9-19-32/h1-28H/i1D,4D,5D,14D,15D. The lowest BCUT2D eigenvalue weighted by Crippen LogP contribution is -2.00. The van der Waals surface area contributed by atoms with Crippen molar-refractivity contribution in [3.8, 4) is 51.0 Å². The first kappa shape index (κ1) is 23.8. The van der Waals surface area contributed by atoms with E-state index in [9.17, 15) is 0 Å². The summed E-state index contributed by atoms with van der Waals surface area (Å²) in [6.07, 6.45) is 0. The number of fused-ring (bicyclic) bond motifs is 6. The van der Waals surface area contributed by atoms with Crippen LogP contribution in [0.15, 0.2) is 170 Å². The van der Waals surface area contributed by atoms with E-state index in [0.717, 1.165) is 64.4 Å². The molecule has 0 atom stereocenters. The lowest BCUT2D eigenvalue weighted by Gasteiger charge is -2.11. The summed E-state index contributed by atoms with van der Waals surface area (Å²) in [7, 11) is 0. The summed E-state index contributed by atoms with van der Waals surface area (Å²) in [5, 5.41) is 4.10. The second kappa shape index (κ2) is 11.6. The van der Waals surface area contributed by atoms with Crippen LogP contribution in [0, 0.1) is 0 Å². The fraction of sp³-hybridized carbons (Fsp3) is 0. The minimum absolute atomic E-state index is 0.182. The summed E-state index contributed by atoms with van der Waals surface area (Å²) in [6, 6.07) is 45.2. The van der Waals surface area contributed by atoms with E-state index in [1.165, 1.54) is 11.3 Å². The van der Waals surface area contributed by atoms with E-state index < -0.39 is 6.04 Å². The molecule has 0 bridgehead atoms. The fourth-order valence-electron chi connectivity index (χ4n) is 6.92. The number of nitrogens with zero attached hydrogens (tertiary/aromatic N) is 4. The summed E-state index contributed by atoms with van der Waals surface area (Å²) in [5.41, 5.74) is 6.50. The Balaban J connectivity index is 1.22. The molecular weight excluding hydrogens is 629 g/mol. The van der Waals surface area contributed by atoms with Crippen LogP contribution >= 0.6 is 11.3 Å². The van der Waals surface area contributed by atoms with Crippen molar-refractivity contribution in [2.75, 3.05) is 0 Å². The van der Waals surface area contributed by atoms with Gasteiger partial charge in [0.2, 0.25) is 0 Å². The molecule has 7 aromatic carbocycles. The van der Waals surface area contributed by atoms with Gasteiger partial charge < -0.3 is 4.57 Å². The molecule has 4 nitrogen and oxygen atoms in total. The second-order valence-corrected chi connectivity index (χ2v) is 13.1. The molecule has 5 heteroatoms. The van der Waals surface area contributed by atoms with Gasteiger partial charge in [0.25, 0.3) is 0 Å². The highest BCUT2D eigenvalue weighted by molar-refractivity contribution is 7.26. The van der Waals surface area contributed by atoms with E-state index >= 15 is 0 Å². The van der Waals surface area contributed by atoms with Crippen LogP contribution in [-0.4, -0.2) is 19.5 Å². The molecule has 10 aromatic rings. The van der Waals surface area contributed by atoms with Gasteiger partial charge in [0, 0.05) is 53.3 Å². The molecule has 0 saturated carbocycles. The Morgan fingerprint density at radius 2 is 1.14 bits per heavy atom. The highest BCUT2D eigenvalue weighted by atomic mass is 32.1. The average Bonchev–Trinajstić information content (AvgIpc) is 3.79. The van der Waals surface area contributed by atoms with Crippen molar-refractivity contribution in [1.29, 1.82) is 0 Å². The van der Waals surface area contributed by atoms with Crippen molar-refractivity contribution in [1.82, 2.24) is 19.5 Å². The summed E-state index contributed by atoms with van der Waals surface area (Å²) in [5.74, 6) is 1.58. The first-order valence-electron chi connectivity index (χ1n) is 18.8. The van der Waals surface area contributed by atoms with Crippen molar-refractivity contribution in [2.24, 2.45) is 0 Å². The van der Waals surface area contributed by atoms with Crippen LogP contribution in [0.25, 0.3) is 93.0 Å². The van der Waals surface area contributed by atoms with Crippen molar-refractivity contribution in [3.63, 3.8) is 0 Å². The molecule has 10 rings (SSSR count). The van der Waals surface area contributed by atoms with Crippen molar-refractivity contribution >= 4 is 53.3 Å². The van der Waals surface area contributed by atoms with Gasteiger partial charge in [-0.2, -0.15) is 0 Å². The van der Waals surface area contributed by atoms with Crippen LogP contribution < -0.4 is 0 Å². The third kappa shape index (κ3) is 4.63. The summed E-state index contributed by atoms with van der Waals surface area (Å²) >= 11 is 1.52. The van der Waals surface area contributed by atoms with Gasteiger partial charge in [-0.25, -0.2) is 15.0 Å². The first-order chi connectivity index (χ1) is 26.9. The van der Waals surface area contributed by atoms with E-state index in [2.05, 4.69) is 59.2 Å². The molecule has 0 saturated heterocycles. The molecular formula is C45H28N4S. The normalized spacial score (nSPS) is 13.0. The Morgan fingerprint density at radius 3 is 1.98 bits per heavy atom. The minimum atomic E-state index is -0.412. The van der Waals surface area contributed by atoms with Gasteiger partial charge in [-0.3, -0.25) is 0 Å². The summed E-state index contributed by atoms with van der Waals surface area (Å²) in [6.45, 7) is 0. The molecule has 50 heavy (non-hydrogen) atoms. The van der Waals surface area contributed by atoms with Crippen molar-refractivity contribution < 1.29 is 6.85 Å². The number of rotatable bonds is 5. The van der Waals surface area contributed by atoms with Crippen LogP contribution in [0.2, 0.25) is 0 Å². The van der Waals surface area contributed by atoms with Gasteiger partial charge in [0.15, 0.2) is 17.5 Å². The maximum Gasteiger partial charge on any atom is 0.164 e. The average molecular weight is 662 g/mol. The number of benzene rings is 7. The van der Waals surface area contributed by atoms with E-state index in [1.54, 1.807) is 0 Å². The Hall–Kier alpha value is -6.43. The number of hydrogen-bond acceptors (Lipinski definition) is 4. The molecule has 0 spiro atoms. The zero-order valence-corrected chi connectivity index (χ0v) is 27.3. The Morgan fingerprint density at radius 1 is 0.480 bits per heavy atom. The van der Waals surface area contributed by atoms with Crippen LogP contribution in [0.3, 0.4) is 0 Å². The van der Waals surface area contributed by atoms with Gasteiger partial charge in [-0.05, 0) is 41.5 Å². The molecule has 0 aliphatic rings. The maximum atomic E-state index is 8.72. The van der Waals surface area contributed by atoms with Gasteiger partial charge in [0.1, 0.15) is 0 Å². The molecule has 0 unspecified atom stereocenters. The number of para-hydroxylation sites is 2. The molecule has 0 aliphatic carbocycles. The molecule has 0 N–H and O–H groups in total. The number of thiophene rings is 1. The molecule has 0 aliphatic heterocycles. The monoisotopic (exact) mass is 661 g/mol. The van der Waals surface area contributed by atoms with E-state index in [1.807, 2.05) is 84.9 Å². The SMILES string of the molecule is [2H]c1c([2H])c([2H])c(-c2cccc3c2sc2cccc(-c4nc(-c5ccccc5)nc(-c5ccc6c7ccccc7n(-c7ccccc7)c6c5)n4)c23)c([2H])c1[2H]. The number of hydrogen-bond donors (Lipinski definition) is 0. The highest BCUT2D eigenvalue weighted by Gasteiger charge is 2.19. The second-order valence-electron chi connectivity index (χ2n) is 12.1. The van der Waals surface area contributed by atoms with Gasteiger partial charge in [-0.15, -0.1) is 11.3 Å². The van der Waals surface area contributed by atoms with E-state index in [4.69, 9.17) is 21.8 Å². The topological polar surface area (TPSA) is 43.6 Å². The highest BCUT2D eigenvalue weighted by Crippen LogP contribution is 2.44. The van der Waals surface area contributed by atoms with Gasteiger partial charge in [0.05, 0.1) is 17.9 Å². The van der Waals surface area contributed by atoms with E-state index in [0.29, 0.717) is 23.0 Å².